The quantitative estimate of drug-likeness (QED) is 0.748. The van der Waals surface area contributed by atoms with E-state index in [4.69, 9.17) is 16.3 Å². The number of hydrogen-bond acceptors (Lipinski definition) is 4. The molecule has 0 aliphatic heterocycles. The molecule has 1 amide bonds. The molecule has 1 aromatic rings. The normalized spacial score (nSPS) is 12.8. The van der Waals surface area contributed by atoms with Crippen LogP contribution in [0.1, 0.15) is 39.7 Å². The van der Waals surface area contributed by atoms with Gasteiger partial charge in [-0.05, 0) is 45.4 Å². The summed E-state index contributed by atoms with van der Waals surface area (Å²) in [6, 6.07) is 4.87. The molecule has 1 unspecified atom stereocenters. The summed E-state index contributed by atoms with van der Waals surface area (Å²) in [6.45, 7) is 8.51. The molecule has 0 saturated carbocycles. The topological polar surface area (TPSA) is 70.6 Å². The maximum Gasteiger partial charge on any atom is 0.407 e. The van der Waals surface area contributed by atoms with Gasteiger partial charge in [-0.2, -0.15) is 0 Å². The first-order valence-electron chi connectivity index (χ1n) is 7.39. The molecule has 1 aromatic carbocycles. The second-order valence-electron chi connectivity index (χ2n) is 6.16. The minimum Gasteiger partial charge on any atom is -0.508 e. The fourth-order valence-electron chi connectivity index (χ4n) is 1.85. The van der Waals surface area contributed by atoms with Gasteiger partial charge in [0.15, 0.2) is 0 Å². The SMILES string of the molecule is CCC(CNCc1cc(Cl)ccc1O)NC(=O)OC(C)(C)C. The van der Waals surface area contributed by atoms with Crippen LogP contribution in [0.15, 0.2) is 18.2 Å². The molecule has 22 heavy (non-hydrogen) atoms. The van der Waals surface area contributed by atoms with E-state index in [1.165, 1.54) is 0 Å². The van der Waals surface area contributed by atoms with Gasteiger partial charge in [-0.1, -0.05) is 18.5 Å². The van der Waals surface area contributed by atoms with Crippen LogP contribution in [0.2, 0.25) is 5.02 Å². The van der Waals surface area contributed by atoms with Gasteiger partial charge >= 0.3 is 6.09 Å². The number of alkyl carbamates (subject to hydrolysis) is 1. The van der Waals surface area contributed by atoms with Crippen LogP contribution in [0.5, 0.6) is 5.75 Å². The van der Waals surface area contributed by atoms with Crippen LogP contribution in [0.3, 0.4) is 0 Å². The van der Waals surface area contributed by atoms with Crippen molar-refractivity contribution in [3.05, 3.63) is 28.8 Å². The molecule has 0 spiro atoms. The lowest BCUT2D eigenvalue weighted by Crippen LogP contribution is -2.43. The van der Waals surface area contributed by atoms with Crippen molar-refractivity contribution >= 4 is 17.7 Å². The smallest absolute Gasteiger partial charge is 0.407 e. The average Bonchev–Trinajstić information content (AvgIpc) is 2.39. The van der Waals surface area contributed by atoms with Gasteiger partial charge in [0.2, 0.25) is 0 Å². The van der Waals surface area contributed by atoms with Gasteiger partial charge in [0.05, 0.1) is 0 Å². The van der Waals surface area contributed by atoms with Crippen LogP contribution in [-0.4, -0.2) is 29.4 Å². The third-order valence-corrected chi connectivity index (χ3v) is 3.20. The summed E-state index contributed by atoms with van der Waals surface area (Å²) in [5, 5.41) is 16.3. The highest BCUT2D eigenvalue weighted by Crippen LogP contribution is 2.21. The molecule has 1 rings (SSSR count). The zero-order valence-electron chi connectivity index (χ0n) is 13.6. The predicted molar refractivity (Wildman–Crippen MR) is 88.3 cm³/mol. The van der Waals surface area contributed by atoms with E-state index in [1.807, 2.05) is 27.7 Å². The van der Waals surface area contributed by atoms with E-state index in [2.05, 4.69) is 10.6 Å². The van der Waals surface area contributed by atoms with E-state index in [1.54, 1.807) is 18.2 Å². The van der Waals surface area contributed by atoms with Gasteiger partial charge < -0.3 is 20.5 Å². The van der Waals surface area contributed by atoms with Crippen molar-refractivity contribution in [3.8, 4) is 5.75 Å². The molecule has 0 saturated heterocycles. The van der Waals surface area contributed by atoms with Gasteiger partial charge in [0.1, 0.15) is 11.4 Å². The molecule has 0 aliphatic carbocycles. The van der Waals surface area contributed by atoms with Crippen molar-refractivity contribution in [2.45, 2.75) is 52.3 Å². The number of carbonyl (C=O) groups is 1. The number of ether oxygens (including phenoxy) is 1. The van der Waals surface area contributed by atoms with Gasteiger partial charge in [-0.3, -0.25) is 0 Å². The van der Waals surface area contributed by atoms with Crippen LogP contribution < -0.4 is 10.6 Å². The highest BCUT2D eigenvalue weighted by molar-refractivity contribution is 6.30. The van der Waals surface area contributed by atoms with Crippen LogP contribution in [0.4, 0.5) is 4.79 Å². The Morgan fingerprint density at radius 3 is 2.68 bits per heavy atom. The van der Waals surface area contributed by atoms with E-state index in [0.29, 0.717) is 18.1 Å². The Morgan fingerprint density at radius 2 is 2.09 bits per heavy atom. The summed E-state index contributed by atoms with van der Waals surface area (Å²) in [4.78, 5) is 11.7. The third kappa shape index (κ3) is 7.00. The molecule has 0 fully saturated rings. The van der Waals surface area contributed by atoms with E-state index in [9.17, 15) is 9.90 Å². The van der Waals surface area contributed by atoms with E-state index in [0.717, 1.165) is 12.0 Å². The van der Waals surface area contributed by atoms with Crippen LogP contribution in [0.25, 0.3) is 0 Å². The fourth-order valence-corrected chi connectivity index (χ4v) is 2.04. The lowest BCUT2D eigenvalue weighted by atomic mass is 10.2. The molecule has 0 aliphatic rings. The number of benzene rings is 1. The molecule has 0 heterocycles. The number of hydrogen-bond donors (Lipinski definition) is 3. The molecule has 0 bridgehead atoms. The summed E-state index contributed by atoms with van der Waals surface area (Å²) in [5.74, 6) is 0.199. The Balaban J connectivity index is 2.44. The van der Waals surface area contributed by atoms with Crippen molar-refractivity contribution in [1.82, 2.24) is 10.6 Å². The Hall–Kier alpha value is -1.46. The number of phenolic OH excluding ortho intramolecular Hbond substituents is 1. The highest BCUT2D eigenvalue weighted by Gasteiger charge is 2.18. The van der Waals surface area contributed by atoms with E-state index >= 15 is 0 Å². The second kappa shape index (κ2) is 8.25. The zero-order chi connectivity index (χ0) is 16.8. The van der Waals surface area contributed by atoms with E-state index in [-0.39, 0.29) is 11.8 Å². The van der Waals surface area contributed by atoms with Crippen LogP contribution in [-0.2, 0) is 11.3 Å². The average molecular weight is 329 g/mol. The second-order valence-corrected chi connectivity index (χ2v) is 6.59. The van der Waals surface area contributed by atoms with Crippen LogP contribution >= 0.6 is 11.6 Å². The Bertz CT molecular complexity index is 501. The number of amides is 1. The molecular weight excluding hydrogens is 304 g/mol. The Kier molecular flexibility index (Phi) is 6.97. The molecular formula is C16H25ClN2O3. The minimum atomic E-state index is -0.512. The third-order valence-electron chi connectivity index (χ3n) is 2.96. The number of aromatic hydroxyl groups is 1. The monoisotopic (exact) mass is 328 g/mol. The zero-order valence-corrected chi connectivity index (χ0v) is 14.3. The van der Waals surface area contributed by atoms with Crippen molar-refractivity contribution in [2.24, 2.45) is 0 Å². The summed E-state index contributed by atoms with van der Waals surface area (Å²) in [6.07, 6.45) is 0.347. The van der Waals surface area contributed by atoms with Gasteiger partial charge in [-0.25, -0.2) is 4.79 Å². The standard InChI is InChI=1S/C16H25ClN2O3/c1-5-13(19-15(21)22-16(2,3)4)10-18-9-11-8-12(17)6-7-14(11)20/h6-8,13,18,20H,5,9-10H2,1-4H3,(H,19,21). The number of carbonyl (C=O) groups excluding carboxylic acids is 1. The number of nitrogens with one attached hydrogen (secondary N) is 2. The number of rotatable bonds is 6. The maximum atomic E-state index is 11.7. The highest BCUT2D eigenvalue weighted by atomic mass is 35.5. The maximum absolute atomic E-state index is 11.7. The first-order valence-corrected chi connectivity index (χ1v) is 7.76. The van der Waals surface area contributed by atoms with E-state index < -0.39 is 11.7 Å². The van der Waals surface area contributed by atoms with Gasteiger partial charge in [0.25, 0.3) is 0 Å². The molecule has 0 radical (unpaired) electrons. The molecule has 1 atom stereocenters. The summed E-state index contributed by atoms with van der Waals surface area (Å²) >= 11 is 5.90. The Morgan fingerprint density at radius 1 is 1.41 bits per heavy atom. The fraction of sp³-hybridized carbons (Fsp3) is 0.562. The lowest BCUT2D eigenvalue weighted by molar-refractivity contribution is 0.0502. The van der Waals surface area contributed by atoms with Crippen molar-refractivity contribution in [3.63, 3.8) is 0 Å². The molecule has 3 N–H and O–H groups in total. The molecule has 6 heteroatoms. The molecule has 124 valence electrons. The summed E-state index contributed by atoms with van der Waals surface area (Å²) in [5.41, 5.74) is 0.210. The van der Waals surface area contributed by atoms with Gasteiger partial charge in [-0.15, -0.1) is 0 Å². The predicted octanol–water partition coefficient (Wildman–Crippen LogP) is 3.44. The van der Waals surface area contributed by atoms with Crippen molar-refractivity contribution in [2.75, 3.05) is 6.54 Å². The minimum absolute atomic E-state index is 0.0452. The lowest BCUT2D eigenvalue weighted by Gasteiger charge is -2.23. The van der Waals surface area contributed by atoms with Crippen molar-refractivity contribution in [1.29, 1.82) is 0 Å². The largest absolute Gasteiger partial charge is 0.508 e. The first kappa shape index (κ1) is 18.6. The Labute approximate surface area is 137 Å². The number of phenols is 1. The summed E-state index contributed by atoms with van der Waals surface area (Å²) < 4.78 is 5.23. The van der Waals surface area contributed by atoms with Gasteiger partial charge in [0, 0.05) is 29.7 Å². The summed E-state index contributed by atoms with van der Waals surface area (Å²) in [7, 11) is 0. The number of halogens is 1. The molecule has 5 nitrogen and oxygen atoms in total. The first-order chi connectivity index (χ1) is 10.2. The molecule has 0 aromatic heterocycles. The van der Waals surface area contributed by atoms with Crippen LogP contribution in [0, 0.1) is 0 Å². The van der Waals surface area contributed by atoms with Crippen molar-refractivity contribution < 1.29 is 14.6 Å².